The van der Waals surface area contributed by atoms with Gasteiger partial charge >= 0.3 is 6.03 Å². The van der Waals surface area contributed by atoms with Crippen molar-refractivity contribution in [2.24, 2.45) is 5.92 Å². The van der Waals surface area contributed by atoms with Gasteiger partial charge in [0.25, 0.3) is 0 Å². The van der Waals surface area contributed by atoms with Crippen LogP contribution in [-0.2, 0) is 4.79 Å². The number of carbonyl (C=O) groups excluding carboxylic acids is 2. The Morgan fingerprint density at radius 2 is 1.70 bits per heavy atom. The van der Waals surface area contributed by atoms with Crippen LogP contribution in [0.4, 0.5) is 16.2 Å². The summed E-state index contributed by atoms with van der Waals surface area (Å²) in [5.74, 6) is -0.130. The minimum atomic E-state index is -0.448. The Kier molecular flexibility index (Phi) is 3.58. The van der Waals surface area contributed by atoms with Crippen molar-refractivity contribution >= 4 is 23.3 Å². The highest BCUT2D eigenvalue weighted by Crippen LogP contribution is 2.28. The third-order valence-electron chi connectivity index (χ3n) is 3.78. The number of urea groups is 1. The smallest absolute Gasteiger partial charge is 0.325 e. The molecule has 1 aliphatic heterocycles. The molecule has 0 radical (unpaired) electrons. The van der Waals surface area contributed by atoms with Crippen molar-refractivity contribution in [1.29, 1.82) is 0 Å². The maximum Gasteiger partial charge on any atom is 0.325 e. The van der Waals surface area contributed by atoms with E-state index in [1.54, 1.807) is 0 Å². The zero-order valence-corrected chi connectivity index (χ0v) is 11.4. The lowest BCUT2D eigenvalue weighted by Gasteiger charge is -2.17. The van der Waals surface area contributed by atoms with Crippen LogP contribution in [0.1, 0.15) is 25.7 Å². The van der Waals surface area contributed by atoms with Crippen molar-refractivity contribution in [2.75, 3.05) is 23.3 Å². The Bertz CT molecular complexity index is 502. The van der Waals surface area contributed by atoms with Crippen molar-refractivity contribution < 1.29 is 9.59 Å². The Labute approximate surface area is 118 Å². The predicted octanol–water partition coefficient (Wildman–Crippen LogP) is 2.34. The predicted molar refractivity (Wildman–Crippen MR) is 77.8 cm³/mol. The Morgan fingerprint density at radius 3 is 2.30 bits per heavy atom. The number of nitrogens with one attached hydrogen (secondary N) is 2. The van der Waals surface area contributed by atoms with Crippen molar-refractivity contribution in [3.8, 4) is 0 Å². The number of benzene rings is 1. The molecule has 3 amide bonds. The number of amides is 3. The van der Waals surface area contributed by atoms with Crippen LogP contribution in [0.5, 0.6) is 0 Å². The SMILES string of the molecule is O=C(NC(=O)C1CC1)Nc1ccc(N2CCCC2)cc1. The maximum atomic E-state index is 11.6. The van der Waals surface area contributed by atoms with Crippen LogP contribution in [0, 0.1) is 5.92 Å². The second kappa shape index (κ2) is 5.53. The van der Waals surface area contributed by atoms with Gasteiger partial charge in [0.2, 0.25) is 5.91 Å². The standard InChI is InChI=1S/C15H19N3O2/c19-14(11-3-4-11)17-15(20)16-12-5-7-13(8-6-12)18-9-1-2-10-18/h5-8,11H,1-4,9-10H2,(H2,16,17,19,20). The van der Waals surface area contributed by atoms with E-state index >= 15 is 0 Å². The zero-order valence-electron chi connectivity index (χ0n) is 11.4. The molecule has 1 saturated heterocycles. The average molecular weight is 273 g/mol. The van der Waals surface area contributed by atoms with Crippen LogP contribution in [-0.4, -0.2) is 25.0 Å². The molecule has 5 heteroatoms. The summed E-state index contributed by atoms with van der Waals surface area (Å²) >= 11 is 0. The lowest BCUT2D eigenvalue weighted by atomic mass is 10.2. The van der Waals surface area contributed by atoms with E-state index in [0.717, 1.165) is 25.9 Å². The van der Waals surface area contributed by atoms with Crippen LogP contribution in [0.3, 0.4) is 0 Å². The second-order valence-corrected chi connectivity index (χ2v) is 5.46. The lowest BCUT2D eigenvalue weighted by Crippen LogP contribution is -2.35. The summed E-state index contributed by atoms with van der Waals surface area (Å²) in [6, 6.07) is 7.30. The molecule has 0 atom stereocenters. The van der Waals surface area contributed by atoms with Crippen LogP contribution in [0.25, 0.3) is 0 Å². The third-order valence-corrected chi connectivity index (χ3v) is 3.78. The molecule has 2 aliphatic rings. The Balaban J connectivity index is 1.54. The van der Waals surface area contributed by atoms with Crippen molar-refractivity contribution in [3.63, 3.8) is 0 Å². The molecule has 1 aromatic rings. The third kappa shape index (κ3) is 3.10. The van der Waals surface area contributed by atoms with E-state index in [1.807, 2.05) is 24.3 Å². The van der Waals surface area contributed by atoms with Gasteiger partial charge in [-0.2, -0.15) is 0 Å². The lowest BCUT2D eigenvalue weighted by molar-refractivity contribution is -0.121. The van der Waals surface area contributed by atoms with E-state index in [0.29, 0.717) is 5.69 Å². The first kappa shape index (κ1) is 13.0. The van der Waals surface area contributed by atoms with E-state index in [1.165, 1.54) is 18.5 Å². The number of carbonyl (C=O) groups is 2. The van der Waals surface area contributed by atoms with Gasteiger partial charge in [-0.25, -0.2) is 4.79 Å². The number of nitrogens with zero attached hydrogens (tertiary/aromatic N) is 1. The maximum absolute atomic E-state index is 11.6. The van der Waals surface area contributed by atoms with E-state index < -0.39 is 6.03 Å². The highest BCUT2D eigenvalue weighted by molar-refractivity contribution is 6.02. The van der Waals surface area contributed by atoms with Gasteiger partial charge in [0.1, 0.15) is 0 Å². The van der Waals surface area contributed by atoms with Gasteiger partial charge in [-0.3, -0.25) is 10.1 Å². The molecule has 2 fully saturated rings. The molecular weight excluding hydrogens is 254 g/mol. The van der Waals surface area contributed by atoms with E-state index in [9.17, 15) is 9.59 Å². The molecule has 20 heavy (non-hydrogen) atoms. The van der Waals surface area contributed by atoms with E-state index in [2.05, 4.69) is 15.5 Å². The summed E-state index contributed by atoms with van der Waals surface area (Å²) in [5.41, 5.74) is 1.89. The highest BCUT2D eigenvalue weighted by atomic mass is 16.2. The minimum Gasteiger partial charge on any atom is -0.372 e. The number of anilines is 2. The first-order valence-corrected chi connectivity index (χ1v) is 7.19. The minimum absolute atomic E-state index is 0.0401. The molecule has 2 N–H and O–H groups in total. The molecule has 106 valence electrons. The summed E-state index contributed by atoms with van der Waals surface area (Å²) in [7, 11) is 0. The van der Waals surface area contributed by atoms with Gasteiger partial charge in [0.15, 0.2) is 0 Å². The van der Waals surface area contributed by atoms with E-state index in [-0.39, 0.29) is 11.8 Å². The Hall–Kier alpha value is -2.04. The molecule has 0 unspecified atom stereocenters. The number of hydrogen-bond acceptors (Lipinski definition) is 3. The topological polar surface area (TPSA) is 61.4 Å². The molecular formula is C15H19N3O2. The van der Waals surface area contributed by atoms with Gasteiger partial charge < -0.3 is 10.2 Å². The number of hydrogen-bond donors (Lipinski definition) is 2. The monoisotopic (exact) mass is 273 g/mol. The molecule has 5 nitrogen and oxygen atoms in total. The first-order chi connectivity index (χ1) is 9.72. The van der Waals surface area contributed by atoms with Gasteiger partial charge in [-0.15, -0.1) is 0 Å². The summed E-state index contributed by atoms with van der Waals surface area (Å²) < 4.78 is 0. The van der Waals surface area contributed by atoms with Crippen LogP contribution >= 0.6 is 0 Å². The molecule has 0 spiro atoms. The quantitative estimate of drug-likeness (QED) is 0.888. The fourth-order valence-electron chi connectivity index (χ4n) is 2.45. The van der Waals surface area contributed by atoms with Gasteiger partial charge in [-0.1, -0.05) is 0 Å². The fourth-order valence-corrected chi connectivity index (χ4v) is 2.45. The normalized spacial score (nSPS) is 17.9. The van der Waals surface area contributed by atoms with Crippen LogP contribution < -0.4 is 15.5 Å². The largest absolute Gasteiger partial charge is 0.372 e. The number of imide groups is 1. The van der Waals surface area contributed by atoms with Crippen LogP contribution in [0.2, 0.25) is 0 Å². The average Bonchev–Trinajstić information content (AvgIpc) is 3.15. The Morgan fingerprint density at radius 1 is 1.05 bits per heavy atom. The first-order valence-electron chi connectivity index (χ1n) is 7.19. The summed E-state index contributed by atoms with van der Waals surface area (Å²) in [6.07, 6.45) is 4.27. The van der Waals surface area contributed by atoms with Gasteiger partial charge in [0.05, 0.1) is 0 Å². The second-order valence-electron chi connectivity index (χ2n) is 5.46. The van der Waals surface area contributed by atoms with Crippen molar-refractivity contribution in [1.82, 2.24) is 5.32 Å². The highest BCUT2D eigenvalue weighted by Gasteiger charge is 2.30. The zero-order chi connectivity index (χ0) is 13.9. The fraction of sp³-hybridized carbons (Fsp3) is 0.467. The van der Waals surface area contributed by atoms with E-state index in [4.69, 9.17) is 0 Å². The van der Waals surface area contributed by atoms with Gasteiger partial charge in [-0.05, 0) is 49.9 Å². The molecule has 1 aliphatic carbocycles. The van der Waals surface area contributed by atoms with Crippen LogP contribution in [0.15, 0.2) is 24.3 Å². The summed E-state index contributed by atoms with van der Waals surface area (Å²) in [5, 5.41) is 5.04. The van der Waals surface area contributed by atoms with Gasteiger partial charge in [0, 0.05) is 30.4 Å². The number of rotatable bonds is 3. The van der Waals surface area contributed by atoms with Crippen molar-refractivity contribution in [2.45, 2.75) is 25.7 Å². The molecule has 0 bridgehead atoms. The molecule has 1 saturated carbocycles. The summed E-state index contributed by atoms with van der Waals surface area (Å²) in [6.45, 7) is 2.20. The van der Waals surface area contributed by atoms with Crippen molar-refractivity contribution in [3.05, 3.63) is 24.3 Å². The molecule has 1 aromatic carbocycles. The molecule has 0 aromatic heterocycles. The molecule has 1 heterocycles. The molecule has 3 rings (SSSR count). The summed E-state index contributed by atoms with van der Waals surface area (Å²) in [4.78, 5) is 25.4.